The average Bonchev–Trinajstić information content (AvgIpc) is 2.82. The first-order chi connectivity index (χ1) is 6.81. The van der Waals surface area contributed by atoms with E-state index in [0.717, 1.165) is 31.8 Å². The molecule has 0 radical (unpaired) electrons. The van der Waals surface area contributed by atoms with Crippen LogP contribution in [0.1, 0.15) is 32.6 Å². The third-order valence-electron chi connectivity index (χ3n) is 3.11. The summed E-state index contributed by atoms with van der Waals surface area (Å²) in [6.07, 6.45) is 4.85. The minimum atomic E-state index is -0.00866. The number of hydrogen-bond acceptors (Lipinski definition) is 3. The van der Waals surface area contributed by atoms with Gasteiger partial charge in [-0.2, -0.15) is 0 Å². The van der Waals surface area contributed by atoms with Crippen LogP contribution in [0.4, 0.5) is 0 Å². The SMILES string of the molecule is CCOC(=O)C1CCCN1CC1CC1. The number of ether oxygens (including phenoxy) is 1. The molecule has 0 N–H and O–H groups in total. The molecule has 1 aliphatic heterocycles. The van der Waals surface area contributed by atoms with Crippen LogP contribution in [-0.2, 0) is 9.53 Å². The third kappa shape index (κ3) is 2.27. The van der Waals surface area contributed by atoms with Gasteiger partial charge in [0.2, 0.25) is 0 Å². The average molecular weight is 197 g/mol. The Labute approximate surface area is 85.4 Å². The maximum Gasteiger partial charge on any atom is 0.323 e. The number of carbonyl (C=O) groups excluding carboxylic acids is 1. The number of likely N-dealkylation sites (tertiary alicyclic amines) is 1. The molecule has 1 atom stereocenters. The Morgan fingerprint density at radius 3 is 2.86 bits per heavy atom. The molecular weight excluding hydrogens is 178 g/mol. The molecule has 0 bridgehead atoms. The molecule has 3 heteroatoms. The first-order valence-corrected chi connectivity index (χ1v) is 5.72. The fourth-order valence-electron chi connectivity index (χ4n) is 2.18. The zero-order chi connectivity index (χ0) is 9.97. The van der Waals surface area contributed by atoms with Gasteiger partial charge in [0.15, 0.2) is 0 Å². The van der Waals surface area contributed by atoms with Crippen molar-refractivity contribution in [3.8, 4) is 0 Å². The van der Waals surface area contributed by atoms with E-state index < -0.39 is 0 Å². The van der Waals surface area contributed by atoms with Gasteiger partial charge in [-0.05, 0) is 45.1 Å². The maximum absolute atomic E-state index is 11.6. The van der Waals surface area contributed by atoms with E-state index in [9.17, 15) is 4.79 Å². The van der Waals surface area contributed by atoms with E-state index >= 15 is 0 Å². The summed E-state index contributed by atoms with van der Waals surface area (Å²) in [6.45, 7) is 4.58. The number of carbonyl (C=O) groups is 1. The molecule has 14 heavy (non-hydrogen) atoms. The highest BCUT2D eigenvalue weighted by Gasteiger charge is 2.35. The van der Waals surface area contributed by atoms with Gasteiger partial charge < -0.3 is 4.74 Å². The van der Waals surface area contributed by atoms with Crippen molar-refractivity contribution in [3.05, 3.63) is 0 Å². The molecule has 1 aliphatic carbocycles. The lowest BCUT2D eigenvalue weighted by Gasteiger charge is -2.22. The molecule has 0 aromatic heterocycles. The number of hydrogen-bond donors (Lipinski definition) is 0. The van der Waals surface area contributed by atoms with E-state index in [1.165, 1.54) is 12.8 Å². The first kappa shape index (κ1) is 9.97. The van der Waals surface area contributed by atoms with E-state index in [1.54, 1.807) is 0 Å². The van der Waals surface area contributed by atoms with Crippen molar-refractivity contribution in [2.75, 3.05) is 19.7 Å². The van der Waals surface area contributed by atoms with Crippen LogP contribution in [0.3, 0.4) is 0 Å². The van der Waals surface area contributed by atoms with Crippen molar-refractivity contribution in [1.29, 1.82) is 0 Å². The largest absolute Gasteiger partial charge is 0.465 e. The molecule has 2 rings (SSSR count). The van der Waals surface area contributed by atoms with Gasteiger partial charge in [-0.15, -0.1) is 0 Å². The van der Waals surface area contributed by atoms with Crippen molar-refractivity contribution in [2.24, 2.45) is 5.92 Å². The topological polar surface area (TPSA) is 29.5 Å². The molecule has 2 aliphatic rings. The lowest BCUT2D eigenvalue weighted by molar-refractivity contribution is -0.148. The number of rotatable bonds is 4. The van der Waals surface area contributed by atoms with Gasteiger partial charge in [0.25, 0.3) is 0 Å². The molecule has 1 saturated carbocycles. The van der Waals surface area contributed by atoms with Gasteiger partial charge in [-0.25, -0.2) is 0 Å². The highest BCUT2D eigenvalue weighted by atomic mass is 16.5. The highest BCUT2D eigenvalue weighted by Crippen LogP contribution is 2.32. The minimum Gasteiger partial charge on any atom is -0.465 e. The maximum atomic E-state index is 11.6. The summed E-state index contributed by atoms with van der Waals surface area (Å²) in [4.78, 5) is 13.9. The molecule has 1 heterocycles. The Hall–Kier alpha value is -0.570. The fraction of sp³-hybridized carbons (Fsp3) is 0.909. The van der Waals surface area contributed by atoms with E-state index in [4.69, 9.17) is 4.74 Å². The van der Waals surface area contributed by atoms with Crippen LogP contribution in [0.2, 0.25) is 0 Å². The molecule has 1 saturated heterocycles. The molecule has 2 fully saturated rings. The van der Waals surface area contributed by atoms with Crippen molar-refractivity contribution in [1.82, 2.24) is 4.90 Å². The van der Waals surface area contributed by atoms with Crippen molar-refractivity contribution < 1.29 is 9.53 Å². The Kier molecular flexibility index (Phi) is 3.06. The molecule has 0 spiro atoms. The smallest absolute Gasteiger partial charge is 0.323 e. The zero-order valence-electron chi connectivity index (χ0n) is 8.87. The van der Waals surface area contributed by atoms with Crippen LogP contribution in [0.5, 0.6) is 0 Å². The highest BCUT2D eigenvalue weighted by molar-refractivity contribution is 5.76. The number of nitrogens with zero attached hydrogens (tertiary/aromatic N) is 1. The van der Waals surface area contributed by atoms with Crippen LogP contribution in [-0.4, -0.2) is 36.6 Å². The Bertz CT molecular complexity index is 213. The van der Waals surface area contributed by atoms with Crippen molar-refractivity contribution in [3.63, 3.8) is 0 Å². The molecule has 1 unspecified atom stereocenters. The second-order valence-corrected chi connectivity index (χ2v) is 4.35. The molecule has 0 aromatic carbocycles. The van der Waals surface area contributed by atoms with Gasteiger partial charge >= 0.3 is 5.97 Å². The summed E-state index contributed by atoms with van der Waals surface area (Å²) in [5, 5.41) is 0. The predicted molar refractivity (Wildman–Crippen MR) is 54.0 cm³/mol. The molecule has 80 valence electrons. The van der Waals surface area contributed by atoms with Crippen LogP contribution >= 0.6 is 0 Å². The van der Waals surface area contributed by atoms with E-state index in [-0.39, 0.29) is 12.0 Å². The second-order valence-electron chi connectivity index (χ2n) is 4.35. The summed E-state index contributed by atoms with van der Waals surface area (Å²) >= 11 is 0. The van der Waals surface area contributed by atoms with Crippen molar-refractivity contribution in [2.45, 2.75) is 38.6 Å². The summed E-state index contributed by atoms with van der Waals surface area (Å²) in [5.41, 5.74) is 0. The van der Waals surface area contributed by atoms with Gasteiger partial charge in [-0.1, -0.05) is 0 Å². The lowest BCUT2D eigenvalue weighted by Crippen LogP contribution is -2.38. The summed E-state index contributed by atoms with van der Waals surface area (Å²) in [7, 11) is 0. The predicted octanol–water partition coefficient (Wildman–Crippen LogP) is 1.42. The second kappa shape index (κ2) is 4.30. The van der Waals surface area contributed by atoms with Gasteiger partial charge in [0.05, 0.1) is 6.61 Å². The van der Waals surface area contributed by atoms with Crippen molar-refractivity contribution >= 4 is 5.97 Å². The zero-order valence-corrected chi connectivity index (χ0v) is 8.87. The van der Waals surface area contributed by atoms with Crippen LogP contribution < -0.4 is 0 Å². The molecule has 3 nitrogen and oxygen atoms in total. The third-order valence-corrected chi connectivity index (χ3v) is 3.11. The quantitative estimate of drug-likeness (QED) is 0.638. The van der Waals surface area contributed by atoms with E-state index in [0.29, 0.717) is 6.61 Å². The normalized spacial score (nSPS) is 27.9. The monoisotopic (exact) mass is 197 g/mol. The summed E-state index contributed by atoms with van der Waals surface area (Å²) in [6, 6.07) is 0.0653. The van der Waals surface area contributed by atoms with Crippen LogP contribution in [0, 0.1) is 5.92 Å². The molecular formula is C11H19NO2. The summed E-state index contributed by atoms with van der Waals surface area (Å²) < 4.78 is 5.08. The Morgan fingerprint density at radius 1 is 1.43 bits per heavy atom. The summed E-state index contributed by atoms with van der Waals surface area (Å²) in [5.74, 6) is 0.857. The molecule has 0 amide bonds. The van der Waals surface area contributed by atoms with Gasteiger partial charge in [0, 0.05) is 6.54 Å². The lowest BCUT2D eigenvalue weighted by atomic mass is 10.2. The fourth-order valence-corrected chi connectivity index (χ4v) is 2.18. The van der Waals surface area contributed by atoms with Crippen LogP contribution in [0.25, 0.3) is 0 Å². The van der Waals surface area contributed by atoms with Gasteiger partial charge in [-0.3, -0.25) is 9.69 Å². The van der Waals surface area contributed by atoms with Crippen LogP contribution in [0.15, 0.2) is 0 Å². The first-order valence-electron chi connectivity index (χ1n) is 5.72. The van der Waals surface area contributed by atoms with E-state index in [2.05, 4.69) is 4.90 Å². The minimum absolute atomic E-state index is 0.00866. The van der Waals surface area contributed by atoms with E-state index in [1.807, 2.05) is 6.92 Å². The standard InChI is InChI=1S/C11H19NO2/c1-2-14-11(13)10-4-3-7-12(10)8-9-5-6-9/h9-10H,2-8H2,1H3. The Balaban J connectivity index is 1.84. The number of esters is 1. The molecule has 0 aromatic rings. The Morgan fingerprint density at radius 2 is 2.21 bits per heavy atom. The van der Waals surface area contributed by atoms with Gasteiger partial charge in [0.1, 0.15) is 6.04 Å².